The van der Waals surface area contributed by atoms with Gasteiger partial charge in [-0.15, -0.1) is 0 Å². The van der Waals surface area contributed by atoms with Gasteiger partial charge in [-0.2, -0.15) is 0 Å². The van der Waals surface area contributed by atoms with Gasteiger partial charge in [-0.05, 0) is 49.8 Å². The minimum atomic E-state index is 0.148. The Kier molecular flexibility index (Phi) is 3.31. The molecule has 1 aliphatic heterocycles. The molecule has 1 N–H and O–H groups in total. The number of benzene rings is 1. The van der Waals surface area contributed by atoms with Crippen molar-refractivity contribution >= 4 is 11.6 Å². The number of hydrogen-bond acceptors (Lipinski definition) is 2. The van der Waals surface area contributed by atoms with Crippen molar-refractivity contribution in [2.24, 2.45) is 0 Å². The van der Waals surface area contributed by atoms with Gasteiger partial charge in [-0.1, -0.05) is 12.1 Å². The first-order chi connectivity index (χ1) is 9.13. The third-order valence-corrected chi connectivity index (χ3v) is 4.06. The van der Waals surface area contributed by atoms with Crippen LogP contribution in [-0.4, -0.2) is 24.5 Å². The van der Waals surface area contributed by atoms with E-state index in [-0.39, 0.29) is 5.91 Å². The van der Waals surface area contributed by atoms with E-state index in [0.717, 1.165) is 31.1 Å². The molecule has 1 atom stereocenters. The van der Waals surface area contributed by atoms with E-state index in [1.54, 1.807) is 6.92 Å². The van der Waals surface area contributed by atoms with Gasteiger partial charge in [0.1, 0.15) is 0 Å². The molecule has 19 heavy (non-hydrogen) atoms. The summed E-state index contributed by atoms with van der Waals surface area (Å²) in [6.45, 7) is 4.74. The number of amides is 1. The zero-order valence-corrected chi connectivity index (χ0v) is 11.8. The molecule has 3 heteroatoms. The van der Waals surface area contributed by atoms with E-state index >= 15 is 0 Å². The summed E-state index contributed by atoms with van der Waals surface area (Å²) in [6.07, 6.45) is 4.74. The molecule has 0 spiro atoms. The van der Waals surface area contributed by atoms with Crippen molar-refractivity contribution in [2.75, 3.05) is 11.4 Å². The Hall–Kier alpha value is -1.35. The second kappa shape index (κ2) is 4.97. The number of hydrogen-bond donors (Lipinski definition) is 1. The molecule has 0 aromatic heterocycles. The summed E-state index contributed by atoms with van der Waals surface area (Å²) in [5.41, 5.74) is 3.81. The van der Waals surface area contributed by atoms with Gasteiger partial charge in [0, 0.05) is 31.2 Å². The van der Waals surface area contributed by atoms with Crippen LogP contribution in [-0.2, 0) is 17.6 Å². The van der Waals surface area contributed by atoms with Gasteiger partial charge >= 0.3 is 0 Å². The van der Waals surface area contributed by atoms with Crippen molar-refractivity contribution < 1.29 is 4.79 Å². The molecule has 0 bridgehead atoms. The van der Waals surface area contributed by atoms with Crippen LogP contribution in [0.2, 0.25) is 0 Å². The molecular weight excluding hydrogens is 236 g/mol. The summed E-state index contributed by atoms with van der Waals surface area (Å²) in [4.78, 5) is 13.4. The topological polar surface area (TPSA) is 32.3 Å². The van der Waals surface area contributed by atoms with E-state index in [2.05, 4.69) is 30.4 Å². The van der Waals surface area contributed by atoms with Crippen LogP contribution in [0.25, 0.3) is 0 Å². The normalized spacial score (nSPS) is 19.4. The Morgan fingerprint density at radius 1 is 1.47 bits per heavy atom. The Morgan fingerprint density at radius 3 is 2.95 bits per heavy atom. The van der Waals surface area contributed by atoms with Crippen molar-refractivity contribution in [1.29, 1.82) is 0 Å². The first kappa shape index (κ1) is 12.7. The molecule has 1 amide bonds. The average molecular weight is 258 g/mol. The molecule has 3 rings (SSSR count). The van der Waals surface area contributed by atoms with Crippen molar-refractivity contribution in [3.05, 3.63) is 29.3 Å². The van der Waals surface area contributed by atoms with Crippen molar-refractivity contribution in [3.8, 4) is 0 Å². The fourth-order valence-electron chi connectivity index (χ4n) is 2.97. The molecular formula is C16H22N2O. The third-order valence-electron chi connectivity index (χ3n) is 4.06. The smallest absolute Gasteiger partial charge is 0.223 e. The van der Waals surface area contributed by atoms with Gasteiger partial charge in [0.15, 0.2) is 0 Å². The first-order valence-electron chi connectivity index (χ1n) is 7.29. The molecule has 1 aromatic carbocycles. The van der Waals surface area contributed by atoms with Gasteiger partial charge in [-0.3, -0.25) is 4.79 Å². The summed E-state index contributed by atoms with van der Waals surface area (Å²) in [7, 11) is 0. The van der Waals surface area contributed by atoms with Gasteiger partial charge < -0.3 is 10.2 Å². The van der Waals surface area contributed by atoms with Gasteiger partial charge in [0.05, 0.1) is 0 Å². The molecule has 1 aromatic rings. The van der Waals surface area contributed by atoms with Crippen LogP contribution >= 0.6 is 0 Å². The maximum absolute atomic E-state index is 11.5. The van der Waals surface area contributed by atoms with E-state index in [4.69, 9.17) is 0 Å². The average Bonchev–Trinajstić information content (AvgIpc) is 3.06. The summed E-state index contributed by atoms with van der Waals surface area (Å²) < 4.78 is 0. The van der Waals surface area contributed by atoms with Crippen LogP contribution in [0.3, 0.4) is 0 Å². The third kappa shape index (κ3) is 2.81. The predicted octanol–water partition coefficient (Wildman–Crippen LogP) is 2.28. The Balaban J connectivity index is 1.69. The monoisotopic (exact) mass is 258 g/mol. The standard InChI is InChI=1S/C16H22N2O/c1-11(17-15-4-5-15)9-13-3-6-16-14(10-13)7-8-18(16)12(2)19/h3,6,10-11,15,17H,4-5,7-9H2,1-2H3. The lowest BCUT2D eigenvalue weighted by Crippen LogP contribution is -2.29. The molecule has 1 aliphatic carbocycles. The van der Waals surface area contributed by atoms with Crippen molar-refractivity contribution in [2.45, 2.75) is 51.6 Å². The zero-order chi connectivity index (χ0) is 13.4. The fourth-order valence-corrected chi connectivity index (χ4v) is 2.97. The lowest BCUT2D eigenvalue weighted by Gasteiger charge is -2.16. The maximum Gasteiger partial charge on any atom is 0.223 e. The molecule has 1 saturated carbocycles. The number of nitrogens with zero attached hydrogens (tertiary/aromatic N) is 1. The van der Waals surface area contributed by atoms with Crippen LogP contribution in [0.15, 0.2) is 18.2 Å². The second-order valence-electron chi connectivity index (χ2n) is 5.93. The molecule has 2 aliphatic rings. The van der Waals surface area contributed by atoms with Crippen LogP contribution < -0.4 is 10.2 Å². The lowest BCUT2D eigenvalue weighted by atomic mass is 10.0. The number of carbonyl (C=O) groups is 1. The van der Waals surface area contributed by atoms with Crippen LogP contribution in [0.5, 0.6) is 0 Å². The number of rotatable bonds is 4. The molecule has 0 radical (unpaired) electrons. The number of nitrogens with one attached hydrogen (secondary N) is 1. The largest absolute Gasteiger partial charge is 0.312 e. The highest BCUT2D eigenvalue weighted by atomic mass is 16.2. The Labute approximate surface area is 115 Å². The van der Waals surface area contributed by atoms with Gasteiger partial charge in [0.25, 0.3) is 0 Å². The summed E-state index contributed by atoms with van der Waals surface area (Å²) in [5.74, 6) is 0.148. The van der Waals surface area contributed by atoms with E-state index in [9.17, 15) is 4.79 Å². The summed E-state index contributed by atoms with van der Waals surface area (Å²) >= 11 is 0. The minimum Gasteiger partial charge on any atom is -0.312 e. The predicted molar refractivity (Wildman–Crippen MR) is 77.5 cm³/mol. The molecule has 3 nitrogen and oxygen atoms in total. The van der Waals surface area contributed by atoms with Gasteiger partial charge in [-0.25, -0.2) is 0 Å². The first-order valence-corrected chi connectivity index (χ1v) is 7.29. The van der Waals surface area contributed by atoms with E-state index in [0.29, 0.717) is 6.04 Å². The summed E-state index contributed by atoms with van der Waals surface area (Å²) in [6, 6.07) is 7.87. The second-order valence-corrected chi connectivity index (χ2v) is 5.93. The SMILES string of the molecule is CC(=O)N1CCc2cc(CC(C)NC3CC3)ccc21. The van der Waals surface area contributed by atoms with Gasteiger partial charge in [0.2, 0.25) is 5.91 Å². The van der Waals surface area contributed by atoms with Crippen molar-refractivity contribution in [1.82, 2.24) is 5.32 Å². The highest BCUT2D eigenvalue weighted by Crippen LogP contribution is 2.29. The molecule has 102 valence electrons. The number of fused-ring (bicyclic) bond motifs is 1. The quantitative estimate of drug-likeness (QED) is 0.898. The zero-order valence-electron chi connectivity index (χ0n) is 11.8. The van der Waals surface area contributed by atoms with Crippen LogP contribution in [0.1, 0.15) is 37.8 Å². The maximum atomic E-state index is 11.5. The molecule has 0 saturated heterocycles. The molecule has 1 fully saturated rings. The van der Waals surface area contributed by atoms with Crippen LogP contribution in [0, 0.1) is 0 Å². The molecule has 1 unspecified atom stereocenters. The van der Waals surface area contributed by atoms with E-state index < -0.39 is 0 Å². The van der Waals surface area contributed by atoms with Crippen LogP contribution in [0.4, 0.5) is 5.69 Å². The summed E-state index contributed by atoms with van der Waals surface area (Å²) in [5, 5.41) is 3.63. The van der Waals surface area contributed by atoms with Crippen molar-refractivity contribution in [3.63, 3.8) is 0 Å². The van der Waals surface area contributed by atoms with E-state index in [1.165, 1.54) is 24.0 Å². The Bertz CT molecular complexity index is 494. The Morgan fingerprint density at radius 2 is 2.26 bits per heavy atom. The number of carbonyl (C=O) groups excluding carboxylic acids is 1. The number of anilines is 1. The highest BCUT2D eigenvalue weighted by molar-refractivity contribution is 5.93. The lowest BCUT2D eigenvalue weighted by molar-refractivity contribution is -0.116. The molecule has 1 heterocycles. The highest BCUT2D eigenvalue weighted by Gasteiger charge is 2.24. The minimum absolute atomic E-state index is 0.148. The van der Waals surface area contributed by atoms with E-state index in [1.807, 2.05) is 4.90 Å². The fraction of sp³-hybridized carbons (Fsp3) is 0.562.